The van der Waals surface area contributed by atoms with Crippen LogP contribution in [0.5, 0.6) is 0 Å². The van der Waals surface area contributed by atoms with Gasteiger partial charge in [-0.3, -0.25) is 4.79 Å². The molecule has 2 aromatic carbocycles. The monoisotopic (exact) mass is 346 g/mol. The molecule has 1 aliphatic rings. The number of halogens is 2. The van der Waals surface area contributed by atoms with Crippen LogP contribution in [0.25, 0.3) is 6.08 Å². The minimum Gasteiger partial charge on any atom is -0.321 e. The van der Waals surface area contributed by atoms with E-state index in [1.54, 1.807) is 12.1 Å². The van der Waals surface area contributed by atoms with Gasteiger partial charge in [0.05, 0.1) is 10.7 Å². The number of carbonyl (C=O) groups excluding carboxylic acids is 1. The number of anilines is 1. The van der Waals surface area contributed by atoms with Gasteiger partial charge in [0.2, 0.25) is 5.91 Å². The lowest BCUT2D eigenvalue weighted by atomic mass is 10.0. The third-order valence-electron chi connectivity index (χ3n) is 3.79. The molecule has 0 aromatic heterocycles. The third-order valence-corrected chi connectivity index (χ3v) is 4.57. The number of hydrogen-bond donors (Lipinski definition) is 2. The van der Waals surface area contributed by atoms with Gasteiger partial charge >= 0.3 is 0 Å². The van der Waals surface area contributed by atoms with Gasteiger partial charge in [0.1, 0.15) is 0 Å². The molecule has 3 rings (SSSR count). The molecule has 0 radical (unpaired) electrons. The summed E-state index contributed by atoms with van der Waals surface area (Å²) in [4.78, 5) is 12.1. The maximum Gasteiger partial charge on any atom is 0.248 e. The average molecular weight is 347 g/mol. The normalized spacial score (nSPS) is 13.8. The molecule has 3 nitrogen and oxygen atoms in total. The predicted molar refractivity (Wildman–Crippen MR) is 96.0 cm³/mol. The van der Waals surface area contributed by atoms with E-state index in [-0.39, 0.29) is 5.91 Å². The predicted octanol–water partition coefficient (Wildman–Crippen LogP) is 4.29. The quantitative estimate of drug-likeness (QED) is 0.814. The smallest absolute Gasteiger partial charge is 0.248 e. The molecule has 0 fully saturated rings. The second-order valence-electron chi connectivity index (χ2n) is 5.34. The van der Waals surface area contributed by atoms with E-state index in [4.69, 9.17) is 23.2 Å². The van der Waals surface area contributed by atoms with Gasteiger partial charge in [-0.1, -0.05) is 47.5 Å². The second-order valence-corrected chi connectivity index (χ2v) is 6.12. The van der Waals surface area contributed by atoms with Crippen LogP contribution in [0.1, 0.15) is 16.7 Å². The number of benzene rings is 2. The van der Waals surface area contributed by atoms with Crippen LogP contribution in [0.3, 0.4) is 0 Å². The molecule has 23 heavy (non-hydrogen) atoms. The Hall–Kier alpha value is -1.81. The molecule has 1 aliphatic heterocycles. The van der Waals surface area contributed by atoms with Gasteiger partial charge in [0, 0.05) is 17.6 Å². The number of rotatable bonds is 3. The summed E-state index contributed by atoms with van der Waals surface area (Å²) < 4.78 is 0. The lowest BCUT2D eigenvalue weighted by Gasteiger charge is -2.20. The zero-order valence-corrected chi connectivity index (χ0v) is 13.9. The van der Waals surface area contributed by atoms with Gasteiger partial charge < -0.3 is 10.6 Å². The van der Waals surface area contributed by atoms with Crippen molar-refractivity contribution in [2.24, 2.45) is 0 Å². The number of hydrogen-bond acceptors (Lipinski definition) is 2. The minimum atomic E-state index is -0.240. The summed E-state index contributed by atoms with van der Waals surface area (Å²) in [6.07, 6.45) is 4.09. The van der Waals surface area contributed by atoms with Crippen molar-refractivity contribution in [1.82, 2.24) is 5.32 Å². The molecule has 1 amide bonds. The van der Waals surface area contributed by atoms with Crippen molar-refractivity contribution in [2.75, 3.05) is 11.9 Å². The fraction of sp³-hybridized carbons (Fsp3) is 0.167. The van der Waals surface area contributed by atoms with Crippen LogP contribution in [0.15, 0.2) is 42.5 Å². The maximum absolute atomic E-state index is 12.1. The summed E-state index contributed by atoms with van der Waals surface area (Å²) in [6.45, 7) is 1.68. The standard InChI is InChI=1S/C18H16Cl2N2O/c19-15-4-2-1-3-13(15)6-8-17(23)22-16-7-5-12-9-10-21-11-14(12)18(16)20/h1-8,21H,9-11H2,(H,22,23)/b8-6+. The fourth-order valence-corrected chi connectivity index (χ4v) is 3.07. The molecule has 118 valence electrons. The molecular weight excluding hydrogens is 331 g/mol. The van der Waals surface area contributed by atoms with Crippen molar-refractivity contribution in [2.45, 2.75) is 13.0 Å². The van der Waals surface area contributed by atoms with Crippen LogP contribution in [0.4, 0.5) is 5.69 Å². The van der Waals surface area contributed by atoms with Crippen molar-refractivity contribution < 1.29 is 4.79 Å². The van der Waals surface area contributed by atoms with E-state index in [0.29, 0.717) is 15.7 Å². The summed E-state index contributed by atoms with van der Waals surface area (Å²) >= 11 is 12.5. The molecule has 0 unspecified atom stereocenters. The molecular formula is C18H16Cl2N2O. The molecule has 0 saturated carbocycles. The zero-order valence-electron chi connectivity index (χ0n) is 12.4. The first-order valence-corrected chi connectivity index (χ1v) is 8.15. The van der Waals surface area contributed by atoms with Gasteiger partial charge in [-0.2, -0.15) is 0 Å². The highest BCUT2D eigenvalue weighted by molar-refractivity contribution is 6.35. The first-order chi connectivity index (χ1) is 11.1. The van der Waals surface area contributed by atoms with Crippen LogP contribution in [0, 0.1) is 0 Å². The molecule has 1 heterocycles. The molecule has 0 saturated heterocycles. The van der Waals surface area contributed by atoms with Crippen LogP contribution in [0.2, 0.25) is 10.0 Å². The Morgan fingerprint density at radius 1 is 1.17 bits per heavy atom. The number of fused-ring (bicyclic) bond motifs is 1. The number of amides is 1. The second kappa shape index (κ2) is 7.18. The van der Waals surface area contributed by atoms with Gasteiger partial charge in [0.25, 0.3) is 0 Å². The van der Waals surface area contributed by atoms with E-state index in [9.17, 15) is 4.79 Å². The molecule has 0 atom stereocenters. The van der Waals surface area contributed by atoms with Crippen LogP contribution >= 0.6 is 23.2 Å². The third kappa shape index (κ3) is 3.75. The Morgan fingerprint density at radius 3 is 2.83 bits per heavy atom. The Kier molecular flexibility index (Phi) is 5.01. The van der Waals surface area contributed by atoms with Crippen LogP contribution in [-0.2, 0) is 17.8 Å². The van der Waals surface area contributed by atoms with Crippen molar-refractivity contribution >= 4 is 40.9 Å². The Balaban J connectivity index is 1.75. The van der Waals surface area contributed by atoms with E-state index in [1.165, 1.54) is 11.6 Å². The van der Waals surface area contributed by atoms with E-state index < -0.39 is 0 Å². The molecule has 2 N–H and O–H groups in total. The number of carbonyl (C=O) groups is 1. The highest BCUT2D eigenvalue weighted by Crippen LogP contribution is 2.30. The number of nitrogens with one attached hydrogen (secondary N) is 2. The Labute approximate surface area is 145 Å². The summed E-state index contributed by atoms with van der Waals surface area (Å²) in [5.41, 5.74) is 3.72. The zero-order chi connectivity index (χ0) is 16.2. The van der Waals surface area contributed by atoms with E-state index in [2.05, 4.69) is 10.6 Å². The molecule has 5 heteroatoms. The Morgan fingerprint density at radius 2 is 2.00 bits per heavy atom. The summed E-state index contributed by atoms with van der Waals surface area (Å²) in [5, 5.41) is 7.32. The first kappa shape index (κ1) is 16.1. The van der Waals surface area contributed by atoms with Crippen molar-refractivity contribution in [1.29, 1.82) is 0 Å². The van der Waals surface area contributed by atoms with Gasteiger partial charge in [-0.05, 0) is 47.9 Å². The van der Waals surface area contributed by atoms with E-state index >= 15 is 0 Å². The van der Waals surface area contributed by atoms with Gasteiger partial charge in [-0.15, -0.1) is 0 Å². The first-order valence-electron chi connectivity index (χ1n) is 7.40. The van der Waals surface area contributed by atoms with E-state index in [1.807, 2.05) is 30.3 Å². The lowest BCUT2D eigenvalue weighted by Crippen LogP contribution is -2.24. The van der Waals surface area contributed by atoms with Gasteiger partial charge in [0.15, 0.2) is 0 Å². The highest BCUT2D eigenvalue weighted by atomic mass is 35.5. The molecule has 0 bridgehead atoms. The van der Waals surface area contributed by atoms with Crippen LogP contribution in [-0.4, -0.2) is 12.5 Å². The minimum absolute atomic E-state index is 0.240. The Bertz CT molecular complexity index is 772. The fourth-order valence-electron chi connectivity index (χ4n) is 2.57. The summed E-state index contributed by atoms with van der Waals surface area (Å²) in [6, 6.07) is 11.2. The molecule has 0 aliphatic carbocycles. The van der Waals surface area contributed by atoms with Crippen molar-refractivity contribution in [3.05, 3.63) is 69.2 Å². The highest BCUT2D eigenvalue weighted by Gasteiger charge is 2.15. The van der Waals surface area contributed by atoms with Crippen LogP contribution < -0.4 is 10.6 Å². The largest absolute Gasteiger partial charge is 0.321 e. The SMILES string of the molecule is O=C(/C=C/c1ccccc1Cl)Nc1ccc2c(c1Cl)CNCC2. The molecule has 2 aromatic rings. The summed E-state index contributed by atoms with van der Waals surface area (Å²) in [7, 11) is 0. The van der Waals surface area contributed by atoms with Crippen molar-refractivity contribution in [3.63, 3.8) is 0 Å². The topological polar surface area (TPSA) is 41.1 Å². The van der Waals surface area contributed by atoms with Gasteiger partial charge in [-0.25, -0.2) is 0 Å². The summed E-state index contributed by atoms with van der Waals surface area (Å²) in [5.74, 6) is -0.240. The lowest BCUT2D eigenvalue weighted by molar-refractivity contribution is -0.111. The maximum atomic E-state index is 12.1. The average Bonchev–Trinajstić information content (AvgIpc) is 2.57. The van der Waals surface area contributed by atoms with Crippen molar-refractivity contribution in [3.8, 4) is 0 Å². The molecule has 0 spiro atoms. The van der Waals surface area contributed by atoms with E-state index in [0.717, 1.165) is 30.6 Å².